The molecule has 0 amide bonds. The summed E-state index contributed by atoms with van der Waals surface area (Å²) in [6.07, 6.45) is 2.38. The summed E-state index contributed by atoms with van der Waals surface area (Å²) in [4.78, 5) is 0. The summed E-state index contributed by atoms with van der Waals surface area (Å²) in [5.41, 5.74) is 0.977. The lowest BCUT2D eigenvalue weighted by Crippen LogP contribution is -2.09. The molecule has 0 aliphatic heterocycles. The zero-order valence-electron chi connectivity index (χ0n) is 10.3. The van der Waals surface area contributed by atoms with E-state index in [1.54, 1.807) is 6.92 Å². The zero-order chi connectivity index (χ0) is 14.0. The number of hydrogen-bond donors (Lipinski definition) is 1. The van der Waals surface area contributed by atoms with Crippen LogP contribution in [0.25, 0.3) is 0 Å². The Morgan fingerprint density at radius 2 is 1.95 bits per heavy atom. The van der Waals surface area contributed by atoms with Gasteiger partial charge in [0.05, 0.1) is 29.8 Å². The highest BCUT2D eigenvalue weighted by Gasteiger charge is 2.14. The van der Waals surface area contributed by atoms with Crippen molar-refractivity contribution in [1.82, 2.24) is 19.6 Å². The van der Waals surface area contributed by atoms with Gasteiger partial charge in [-0.05, 0) is 13.0 Å². The van der Waals surface area contributed by atoms with Crippen molar-refractivity contribution in [3.8, 4) is 0 Å². The van der Waals surface area contributed by atoms with Gasteiger partial charge in [-0.2, -0.15) is 27.8 Å². The number of aromatic nitrogens is 4. The lowest BCUT2D eigenvalue weighted by Gasteiger charge is -2.07. The Morgan fingerprint density at radius 3 is 2.50 bits per heavy atom. The van der Waals surface area contributed by atoms with Gasteiger partial charge in [0, 0.05) is 6.20 Å². The first-order valence-corrected chi connectivity index (χ1v) is 5.37. The molecule has 2 rings (SSSR count). The van der Waals surface area contributed by atoms with Gasteiger partial charge in [-0.15, -0.1) is 12.4 Å². The van der Waals surface area contributed by atoms with Crippen LogP contribution in [0, 0.1) is 6.92 Å². The maximum absolute atomic E-state index is 12.5. The number of aryl methyl sites for hydroxylation is 1. The second-order valence-electron chi connectivity index (χ2n) is 3.78. The Balaban J connectivity index is 0.00000200. The summed E-state index contributed by atoms with van der Waals surface area (Å²) in [5, 5.41) is 9.85. The van der Waals surface area contributed by atoms with Gasteiger partial charge in [0.1, 0.15) is 0 Å². The smallest absolute Gasteiger partial charge is 0.333 e. The van der Waals surface area contributed by atoms with E-state index in [4.69, 9.17) is 0 Å². The summed E-state index contributed by atoms with van der Waals surface area (Å²) in [5.74, 6) is 0. The van der Waals surface area contributed by atoms with Crippen LogP contribution in [0.2, 0.25) is 0 Å². The molecule has 0 saturated heterocycles. The molecule has 0 aromatic carbocycles. The minimum Gasteiger partial charge on any atom is -0.377 e. The Hall–Kier alpha value is -1.77. The lowest BCUT2D eigenvalue weighted by atomic mass is 10.3. The van der Waals surface area contributed by atoms with E-state index in [0.29, 0.717) is 20.7 Å². The lowest BCUT2D eigenvalue weighted by molar-refractivity contribution is 0.0537. The van der Waals surface area contributed by atoms with Gasteiger partial charge in [0.2, 0.25) is 0 Å². The topological polar surface area (TPSA) is 47.7 Å². The van der Waals surface area contributed by atoms with Gasteiger partial charge in [-0.1, -0.05) is 0 Å². The van der Waals surface area contributed by atoms with Crippen LogP contribution >= 0.6 is 12.4 Å². The molecule has 0 spiro atoms. The van der Waals surface area contributed by atoms with Crippen LogP contribution in [-0.2, 0) is 6.54 Å². The fourth-order valence-corrected chi connectivity index (χ4v) is 1.60. The number of alkyl halides is 4. The highest BCUT2D eigenvalue weighted by Crippen LogP contribution is 2.19. The van der Waals surface area contributed by atoms with E-state index in [0.717, 1.165) is 6.20 Å². The van der Waals surface area contributed by atoms with Crippen LogP contribution in [0.1, 0.15) is 24.5 Å². The summed E-state index contributed by atoms with van der Waals surface area (Å²) in [7, 11) is 0. The van der Waals surface area contributed by atoms with Gasteiger partial charge in [0.25, 0.3) is 0 Å². The molecule has 20 heavy (non-hydrogen) atoms. The second-order valence-corrected chi connectivity index (χ2v) is 3.78. The molecule has 2 heterocycles. The zero-order valence-corrected chi connectivity index (χ0v) is 11.1. The first-order chi connectivity index (χ1) is 8.99. The van der Waals surface area contributed by atoms with E-state index in [1.807, 2.05) is 0 Å². The molecule has 5 nitrogen and oxygen atoms in total. The largest absolute Gasteiger partial charge is 0.377 e. The molecule has 0 saturated carbocycles. The van der Waals surface area contributed by atoms with Gasteiger partial charge in [0.15, 0.2) is 0 Å². The molecule has 0 radical (unpaired) electrons. The molecule has 1 N–H and O–H groups in total. The minimum absolute atomic E-state index is 0. The molecule has 2 aromatic heterocycles. The van der Waals surface area contributed by atoms with Crippen molar-refractivity contribution >= 4 is 18.1 Å². The first-order valence-electron chi connectivity index (χ1n) is 5.37. The highest BCUT2D eigenvalue weighted by molar-refractivity contribution is 5.85. The summed E-state index contributed by atoms with van der Waals surface area (Å²) < 4.78 is 50.9. The standard InChI is InChI=1S/C10H11F4N5.ClH/c1-6-8(5-18(17-6)9(11)12)15-4-7-2-3-16-19(7)10(13)14;/h2-3,5,9-10,15H,4H2,1H3;1H. The van der Waals surface area contributed by atoms with Gasteiger partial charge in [-0.3, -0.25) is 0 Å². The number of hydrogen-bond acceptors (Lipinski definition) is 3. The Labute approximate surface area is 118 Å². The average Bonchev–Trinajstić information content (AvgIpc) is 2.92. The van der Waals surface area contributed by atoms with Crippen molar-refractivity contribution in [2.75, 3.05) is 5.32 Å². The molecule has 2 aromatic rings. The van der Waals surface area contributed by atoms with Crippen molar-refractivity contribution in [3.63, 3.8) is 0 Å². The van der Waals surface area contributed by atoms with Gasteiger partial charge >= 0.3 is 13.1 Å². The number of halogens is 5. The predicted molar refractivity (Wildman–Crippen MR) is 66.3 cm³/mol. The van der Waals surface area contributed by atoms with Crippen LogP contribution in [-0.4, -0.2) is 19.6 Å². The second kappa shape index (κ2) is 6.60. The Bertz CT molecular complexity index is 554. The fourth-order valence-electron chi connectivity index (χ4n) is 1.60. The molecular weight excluding hydrogens is 302 g/mol. The number of rotatable bonds is 5. The number of nitrogens with zero attached hydrogens (tertiary/aromatic N) is 4. The van der Waals surface area contributed by atoms with Crippen molar-refractivity contribution in [1.29, 1.82) is 0 Å². The first kappa shape index (κ1) is 16.3. The molecule has 112 valence electrons. The molecule has 10 heteroatoms. The van der Waals surface area contributed by atoms with Crippen LogP contribution in [0.5, 0.6) is 0 Å². The summed E-state index contributed by atoms with van der Waals surface area (Å²) in [6.45, 7) is -3.89. The van der Waals surface area contributed by atoms with Crippen molar-refractivity contribution in [2.45, 2.75) is 26.6 Å². The van der Waals surface area contributed by atoms with Crippen LogP contribution in [0.4, 0.5) is 23.2 Å². The molecule has 0 aliphatic carbocycles. The van der Waals surface area contributed by atoms with E-state index in [1.165, 1.54) is 12.3 Å². The molecule has 0 atom stereocenters. The van der Waals surface area contributed by atoms with E-state index >= 15 is 0 Å². The maximum Gasteiger partial charge on any atom is 0.333 e. The number of anilines is 1. The molecular formula is C10H12ClF4N5. The molecule has 0 bridgehead atoms. The van der Waals surface area contributed by atoms with Crippen molar-refractivity contribution < 1.29 is 17.6 Å². The van der Waals surface area contributed by atoms with E-state index in [9.17, 15) is 17.6 Å². The molecule has 0 unspecified atom stereocenters. The SMILES string of the molecule is Cc1nn(C(F)F)cc1NCc1ccnn1C(F)F.Cl. The third-order valence-electron chi connectivity index (χ3n) is 2.51. The van der Waals surface area contributed by atoms with E-state index in [2.05, 4.69) is 15.5 Å². The van der Waals surface area contributed by atoms with Gasteiger partial charge in [-0.25, -0.2) is 9.36 Å². The van der Waals surface area contributed by atoms with Crippen molar-refractivity contribution in [3.05, 3.63) is 29.8 Å². The normalized spacial score (nSPS) is 10.9. The van der Waals surface area contributed by atoms with Crippen LogP contribution in [0.15, 0.2) is 18.5 Å². The summed E-state index contributed by atoms with van der Waals surface area (Å²) in [6, 6.07) is 1.42. The molecule has 0 aliphatic rings. The fraction of sp³-hybridized carbons (Fsp3) is 0.400. The Kier molecular flexibility index (Phi) is 5.37. The highest BCUT2D eigenvalue weighted by atomic mass is 35.5. The van der Waals surface area contributed by atoms with Crippen LogP contribution in [0.3, 0.4) is 0 Å². The monoisotopic (exact) mass is 313 g/mol. The number of nitrogens with one attached hydrogen (secondary N) is 1. The van der Waals surface area contributed by atoms with Crippen LogP contribution < -0.4 is 5.32 Å². The van der Waals surface area contributed by atoms with Crippen molar-refractivity contribution in [2.24, 2.45) is 0 Å². The quantitative estimate of drug-likeness (QED) is 0.862. The average molecular weight is 314 g/mol. The predicted octanol–water partition coefficient (Wildman–Crippen LogP) is 3.21. The van der Waals surface area contributed by atoms with E-state index in [-0.39, 0.29) is 24.6 Å². The summed E-state index contributed by atoms with van der Waals surface area (Å²) >= 11 is 0. The maximum atomic E-state index is 12.5. The Morgan fingerprint density at radius 1 is 1.25 bits per heavy atom. The third-order valence-corrected chi connectivity index (χ3v) is 2.51. The minimum atomic E-state index is -2.74. The third kappa shape index (κ3) is 3.41. The van der Waals surface area contributed by atoms with Gasteiger partial charge < -0.3 is 5.32 Å². The molecule has 0 fully saturated rings. The van der Waals surface area contributed by atoms with E-state index < -0.39 is 13.1 Å².